The first-order valence-corrected chi connectivity index (χ1v) is 16.0. The largest absolute Gasteiger partial charge is 0.497 e. The molecule has 0 amide bonds. The molecule has 9 nitrogen and oxygen atoms in total. The number of aryl methyl sites for hydroxylation is 1. The summed E-state index contributed by atoms with van der Waals surface area (Å²) in [6.07, 6.45) is 3.27. The number of nitrogens with zero attached hydrogens (tertiary/aromatic N) is 3. The van der Waals surface area contributed by atoms with Crippen LogP contribution in [-0.2, 0) is 31.4 Å². The SMILES string of the molecule is COc1ccc2c(c1)nc([S@@](=O)Cc1ncc(C)c(OC)c1C)n2S(=O)(=O)CC1(C(C)C)CCC(C)CC1=O. The van der Waals surface area contributed by atoms with Gasteiger partial charge in [-0.05, 0) is 50.7 Å². The standard InChI is InChI=1S/C28H37N3O6S2/c1-17(2)28(11-10-18(3)12-25(28)32)16-39(34,35)31-24-9-8-21(36-6)13-22(24)30-27(31)38(33)15-23-20(5)26(37-7)19(4)14-29-23/h8-9,13-14,17-18H,10-12,15-16H2,1-7H3/t18?,28?,38-/m0/s1. The number of ether oxygens (including phenoxy) is 2. The molecule has 1 aliphatic carbocycles. The molecular formula is C28H37N3O6S2. The second kappa shape index (κ2) is 11.0. The van der Waals surface area contributed by atoms with E-state index < -0.39 is 26.2 Å². The number of hydrogen-bond acceptors (Lipinski definition) is 8. The predicted octanol–water partition coefficient (Wildman–Crippen LogP) is 4.58. The minimum absolute atomic E-state index is 0.0276. The Balaban J connectivity index is 1.84. The summed E-state index contributed by atoms with van der Waals surface area (Å²) in [7, 11) is -2.96. The fourth-order valence-electron chi connectivity index (χ4n) is 5.55. The minimum Gasteiger partial charge on any atom is -0.497 e. The lowest BCUT2D eigenvalue weighted by atomic mass is 9.65. The summed E-state index contributed by atoms with van der Waals surface area (Å²) in [5.41, 5.74) is 1.72. The molecule has 1 saturated carbocycles. The highest BCUT2D eigenvalue weighted by molar-refractivity contribution is 7.91. The number of pyridine rings is 1. The van der Waals surface area contributed by atoms with Crippen molar-refractivity contribution in [2.24, 2.45) is 17.3 Å². The van der Waals surface area contributed by atoms with Crippen LogP contribution in [-0.4, -0.2) is 52.3 Å². The molecule has 3 aromatic rings. The van der Waals surface area contributed by atoms with Gasteiger partial charge in [-0.1, -0.05) is 20.8 Å². The summed E-state index contributed by atoms with van der Waals surface area (Å²) in [5, 5.41) is -0.102. The number of methoxy groups -OCH3 is 2. The van der Waals surface area contributed by atoms with E-state index in [0.717, 1.165) is 21.5 Å². The Kier molecular flexibility index (Phi) is 8.23. The summed E-state index contributed by atoms with van der Waals surface area (Å²) < 4.78 is 54.2. The first-order chi connectivity index (χ1) is 18.3. The van der Waals surface area contributed by atoms with Crippen LogP contribution in [0, 0.1) is 31.1 Å². The lowest BCUT2D eigenvalue weighted by Crippen LogP contribution is -2.47. The van der Waals surface area contributed by atoms with E-state index in [1.807, 2.05) is 34.6 Å². The van der Waals surface area contributed by atoms with Gasteiger partial charge in [0.1, 0.15) is 17.3 Å². The molecule has 0 bridgehead atoms. The lowest BCUT2D eigenvalue weighted by molar-refractivity contribution is -0.134. The summed E-state index contributed by atoms with van der Waals surface area (Å²) in [6.45, 7) is 9.52. The Morgan fingerprint density at radius 2 is 1.92 bits per heavy atom. The zero-order valence-corrected chi connectivity index (χ0v) is 25.2. The fourth-order valence-corrected chi connectivity index (χ4v) is 9.44. The van der Waals surface area contributed by atoms with Gasteiger partial charge in [0.05, 0.1) is 53.3 Å². The predicted molar refractivity (Wildman–Crippen MR) is 151 cm³/mol. The van der Waals surface area contributed by atoms with Crippen LogP contribution in [0.3, 0.4) is 0 Å². The maximum Gasteiger partial charge on any atom is 0.242 e. The van der Waals surface area contributed by atoms with E-state index in [9.17, 15) is 17.4 Å². The van der Waals surface area contributed by atoms with Gasteiger partial charge in [0.25, 0.3) is 0 Å². The molecule has 0 N–H and O–H groups in total. The monoisotopic (exact) mass is 575 g/mol. The molecule has 212 valence electrons. The number of rotatable bonds is 9. The summed E-state index contributed by atoms with van der Waals surface area (Å²) in [4.78, 5) is 22.3. The number of carbonyl (C=O) groups excluding carboxylic acids is 1. The molecule has 2 heterocycles. The minimum atomic E-state index is -4.16. The van der Waals surface area contributed by atoms with Crippen molar-refractivity contribution in [3.8, 4) is 11.5 Å². The molecule has 1 fully saturated rings. The third-order valence-corrected chi connectivity index (χ3v) is 11.1. The lowest BCUT2D eigenvalue weighted by Gasteiger charge is -2.40. The normalized spacial score (nSPS) is 20.9. The van der Waals surface area contributed by atoms with Gasteiger partial charge in [-0.15, -0.1) is 0 Å². The average Bonchev–Trinajstić information content (AvgIpc) is 3.27. The van der Waals surface area contributed by atoms with Gasteiger partial charge in [0, 0.05) is 35.2 Å². The van der Waals surface area contributed by atoms with E-state index in [1.54, 1.807) is 31.5 Å². The highest BCUT2D eigenvalue weighted by Crippen LogP contribution is 2.43. The second-order valence-electron chi connectivity index (χ2n) is 10.9. The number of benzene rings is 1. The molecule has 2 unspecified atom stereocenters. The zero-order chi connectivity index (χ0) is 28.7. The van der Waals surface area contributed by atoms with Crippen molar-refractivity contribution in [3.05, 3.63) is 41.2 Å². The van der Waals surface area contributed by atoms with E-state index in [-0.39, 0.29) is 34.3 Å². The van der Waals surface area contributed by atoms with Gasteiger partial charge >= 0.3 is 0 Å². The molecule has 3 atom stereocenters. The number of hydrogen-bond donors (Lipinski definition) is 0. The number of ketones is 1. The van der Waals surface area contributed by atoms with Crippen molar-refractivity contribution in [1.29, 1.82) is 0 Å². The van der Waals surface area contributed by atoms with Crippen LogP contribution >= 0.6 is 0 Å². The van der Waals surface area contributed by atoms with Gasteiger partial charge in [-0.3, -0.25) is 14.0 Å². The molecule has 0 spiro atoms. The first-order valence-electron chi connectivity index (χ1n) is 13.0. The Hall–Kier alpha value is -2.79. The molecule has 39 heavy (non-hydrogen) atoms. The van der Waals surface area contributed by atoms with Crippen molar-refractivity contribution in [3.63, 3.8) is 0 Å². The zero-order valence-electron chi connectivity index (χ0n) is 23.6. The van der Waals surface area contributed by atoms with Crippen LogP contribution in [0.15, 0.2) is 29.6 Å². The Morgan fingerprint density at radius 1 is 1.21 bits per heavy atom. The van der Waals surface area contributed by atoms with Crippen molar-refractivity contribution in [2.45, 2.75) is 64.8 Å². The maximum absolute atomic E-state index is 14.2. The molecule has 0 aliphatic heterocycles. The quantitative estimate of drug-likeness (QED) is 0.364. The summed E-state index contributed by atoms with van der Waals surface area (Å²) in [6, 6.07) is 4.86. The molecule has 2 aromatic heterocycles. The molecular weight excluding hydrogens is 538 g/mol. The Labute approximate surface area is 232 Å². The Bertz CT molecular complexity index is 1550. The molecule has 0 radical (unpaired) electrons. The van der Waals surface area contributed by atoms with Crippen LogP contribution in [0.25, 0.3) is 11.0 Å². The van der Waals surface area contributed by atoms with Crippen LogP contribution in [0.2, 0.25) is 0 Å². The van der Waals surface area contributed by atoms with Crippen molar-refractivity contribution < 1.29 is 26.9 Å². The summed E-state index contributed by atoms with van der Waals surface area (Å²) >= 11 is 0. The number of carbonyl (C=O) groups is 1. The number of imidazole rings is 1. The van der Waals surface area contributed by atoms with Crippen LogP contribution < -0.4 is 9.47 Å². The molecule has 1 aliphatic rings. The van der Waals surface area contributed by atoms with Gasteiger partial charge < -0.3 is 9.47 Å². The number of fused-ring (bicyclic) bond motifs is 1. The highest BCUT2D eigenvalue weighted by atomic mass is 32.2. The van der Waals surface area contributed by atoms with Gasteiger partial charge in [-0.2, -0.15) is 0 Å². The molecule has 0 saturated heterocycles. The molecule has 1 aromatic carbocycles. The first kappa shape index (κ1) is 29.2. The fraction of sp³-hybridized carbons (Fsp3) is 0.536. The number of aromatic nitrogens is 3. The van der Waals surface area contributed by atoms with Crippen molar-refractivity contribution >= 4 is 37.6 Å². The highest BCUT2D eigenvalue weighted by Gasteiger charge is 2.48. The maximum atomic E-state index is 14.2. The van der Waals surface area contributed by atoms with Crippen LogP contribution in [0.1, 0.15) is 56.9 Å². The van der Waals surface area contributed by atoms with E-state index in [2.05, 4.69) is 9.97 Å². The average molecular weight is 576 g/mol. The van der Waals surface area contributed by atoms with Gasteiger partial charge in [-0.25, -0.2) is 17.4 Å². The molecule has 11 heteroatoms. The van der Waals surface area contributed by atoms with E-state index >= 15 is 0 Å². The third-order valence-electron chi connectivity index (χ3n) is 8.01. The smallest absolute Gasteiger partial charge is 0.242 e. The van der Waals surface area contributed by atoms with Gasteiger partial charge in [0.2, 0.25) is 15.2 Å². The number of Topliss-reactive ketones (excluding diaryl/α,β-unsaturated/α-hetero) is 1. The van der Waals surface area contributed by atoms with Crippen molar-refractivity contribution in [2.75, 3.05) is 20.0 Å². The second-order valence-corrected chi connectivity index (χ2v) is 14.1. The van der Waals surface area contributed by atoms with Crippen molar-refractivity contribution in [1.82, 2.24) is 13.9 Å². The van der Waals surface area contributed by atoms with E-state index in [1.165, 1.54) is 7.11 Å². The van der Waals surface area contributed by atoms with E-state index in [0.29, 0.717) is 41.1 Å². The third kappa shape index (κ3) is 5.35. The van der Waals surface area contributed by atoms with Crippen LogP contribution in [0.4, 0.5) is 0 Å². The van der Waals surface area contributed by atoms with E-state index in [4.69, 9.17) is 9.47 Å². The van der Waals surface area contributed by atoms with Crippen LogP contribution in [0.5, 0.6) is 11.5 Å². The molecule has 4 rings (SSSR count). The Morgan fingerprint density at radius 3 is 2.54 bits per heavy atom. The topological polar surface area (TPSA) is 117 Å². The van der Waals surface area contributed by atoms with Gasteiger partial charge in [0.15, 0.2) is 0 Å². The summed E-state index contributed by atoms with van der Waals surface area (Å²) in [5.74, 6) is 0.733.